The standard InChI is InChI=1S/C27H38O4/c1-20(9-6-11-21(2)13-8-18-27(4,5)31)10-7-12-22(3)14-15-23-19-24(26(29)30)16-17-25(23)28/h8,10-11,14,16-19,28,31H,6-7,9,12-13,15H2,1-5H3,(H,29,30). The fourth-order valence-electron chi connectivity index (χ4n) is 3.08. The summed E-state index contributed by atoms with van der Waals surface area (Å²) in [6, 6.07) is 4.38. The smallest absolute Gasteiger partial charge is 0.335 e. The second-order valence-corrected chi connectivity index (χ2v) is 8.84. The number of aromatic carboxylic acids is 1. The molecule has 3 N–H and O–H groups in total. The Bertz CT molecular complexity index is 848. The number of carboxylic acids is 1. The van der Waals surface area contributed by atoms with Gasteiger partial charge in [0.2, 0.25) is 0 Å². The van der Waals surface area contributed by atoms with E-state index in [1.165, 1.54) is 34.9 Å². The number of hydrogen-bond acceptors (Lipinski definition) is 3. The second-order valence-electron chi connectivity index (χ2n) is 8.84. The highest BCUT2D eigenvalue weighted by Gasteiger charge is 2.07. The molecule has 0 atom stereocenters. The Labute approximate surface area is 187 Å². The first kappa shape index (κ1) is 26.4. The second kappa shape index (κ2) is 13.0. The van der Waals surface area contributed by atoms with Gasteiger partial charge >= 0.3 is 5.97 Å². The maximum atomic E-state index is 11.1. The number of benzene rings is 1. The summed E-state index contributed by atoms with van der Waals surface area (Å²) in [5.41, 5.74) is 3.96. The van der Waals surface area contributed by atoms with Gasteiger partial charge in [0.15, 0.2) is 0 Å². The molecule has 0 unspecified atom stereocenters. The molecule has 0 heterocycles. The van der Waals surface area contributed by atoms with E-state index in [2.05, 4.69) is 39.0 Å². The highest BCUT2D eigenvalue weighted by molar-refractivity contribution is 5.88. The van der Waals surface area contributed by atoms with Crippen molar-refractivity contribution in [2.45, 2.75) is 78.7 Å². The number of hydrogen-bond donors (Lipinski definition) is 3. The summed E-state index contributed by atoms with van der Waals surface area (Å²) in [4.78, 5) is 11.1. The summed E-state index contributed by atoms with van der Waals surface area (Å²) >= 11 is 0. The SMILES string of the molecule is CC(=CCCC(C)=CCCC(C)=CCc1cc(C(=O)O)ccc1O)CC=CC(C)(C)O. The minimum atomic E-state index is -0.988. The van der Waals surface area contributed by atoms with Crippen molar-refractivity contribution in [3.63, 3.8) is 0 Å². The number of phenols is 1. The lowest BCUT2D eigenvalue weighted by molar-refractivity contribution is 0.0696. The maximum Gasteiger partial charge on any atom is 0.335 e. The minimum absolute atomic E-state index is 0.128. The molecule has 0 fully saturated rings. The van der Waals surface area contributed by atoms with Gasteiger partial charge in [0.1, 0.15) is 5.75 Å². The normalized spacial score (nSPS) is 13.8. The fourth-order valence-corrected chi connectivity index (χ4v) is 3.08. The molecule has 170 valence electrons. The molecular formula is C27H38O4. The molecule has 4 nitrogen and oxygen atoms in total. The highest BCUT2D eigenvalue weighted by Crippen LogP contribution is 2.21. The van der Waals surface area contributed by atoms with Crippen molar-refractivity contribution in [2.24, 2.45) is 0 Å². The Morgan fingerprint density at radius 1 is 0.968 bits per heavy atom. The Balaban J connectivity index is 2.44. The van der Waals surface area contributed by atoms with Crippen LogP contribution in [0.15, 0.2) is 65.3 Å². The summed E-state index contributed by atoms with van der Waals surface area (Å²) < 4.78 is 0. The van der Waals surface area contributed by atoms with E-state index in [4.69, 9.17) is 5.11 Å². The molecule has 0 aliphatic rings. The zero-order chi connectivity index (χ0) is 23.4. The van der Waals surface area contributed by atoms with E-state index in [9.17, 15) is 15.0 Å². The van der Waals surface area contributed by atoms with Gasteiger partial charge in [0, 0.05) is 0 Å². The minimum Gasteiger partial charge on any atom is -0.508 e. The van der Waals surface area contributed by atoms with Crippen molar-refractivity contribution in [3.8, 4) is 5.75 Å². The van der Waals surface area contributed by atoms with Gasteiger partial charge in [-0.25, -0.2) is 4.79 Å². The number of aliphatic hydroxyl groups is 1. The molecule has 0 saturated carbocycles. The molecule has 0 aromatic heterocycles. The highest BCUT2D eigenvalue weighted by atomic mass is 16.4. The van der Waals surface area contributed by atoms with Gasteiger partial charge in [-0.3, -0.25) is 0 Å². The predicted octanol–water partition coefficient (Wildman–Crippen LogP) is 6.75. The van der Waals surface area contributed by atoms with Crippen molar-refractivity contribution in [1.82, 2.24) is 0 Å². The molecule has 0 bridgehead atoms. The third-order valence-electron chi connectivity index (χ3n) is 5.03. The van der Waals surface area contributed by atoms with Crippen molar-refractivity contribution >= 4 is 5.97 Å². The van der Waals surface area contributed by atoms with E-state index in [0.29, 0.717) is 12.0 Å². The maximum absolute atomic E-state index is 11.1. The molecule has 1 rings (SSSR count). The van der Waals surface area contributed by atoms with E-state index in [1.54, 1.807) is 13.8 Å². The van der Waals surface area contributed by atoms with Gasteiger partial charge in [-0.2, -0.15) is 0 Å². The van der Waals surface area contributed by atoms with Crippen LogP contribution in [-0.4, -0.2) is 26.9 Å². The summed E-state index contributed by atoms with van der Waals surface area (Å²) in [6.07, 6.45) is 15.8. The lowest BCUT2D eigenvalue weighted by Crippen LogP contribution is -2.13. The first-order valence-electron chi connectivity index (χ1n) is 10.9. The van der Waals surface area contributed by atoms with Gasteiger partial charge in [-0.15, -0.1) is 0 Å². The van der Waals surface area contributed by atoms with E-state index < -0.39 is 11.6 Å². The third kappa shape index (κ3) is 12.0. The Morgan fingerprint density at radius 3 is 2.13 bits per heavy atom. The lowest BCUT2D eigenvalue weighted by Gasteiger charge is -2.10. The van der Waals surface area contributed by atoms with Crippen LogP contribution in [0.2, 0.25) is 0 Å². The van der Waals surface area contributed by atoms with Crippen LogP contribution in [0.3, 0.4) is 0 Å². The molecule has 0 aliphatic carbocycles. The van der Waals surface area contributed by atoms with E-state index in [-0.39, 0.29) is 11.3 Å². The number of aromatic hydroxyl groups is 1. The third-order valence-corrected chi connectivity index (χ3v) is 5.03. The van der Waals surface area contributed by atoms with Crippen LogP contribution in [0.4, 0.5) is 0 Å². The largest absolute Gasteiger partial charge is 0.508 e. The van der Waals surface area contributed by atoms with Crippen LogP contribution in [0, 0.1) is 0 Å². The molecule has 4 heteroatoms. The topological polar surface area (TPSA) is 77.8 Å². The van der Waals surface area contributed by atoms with Crippen molar-refractivity contribution in [2.75, 3.05) is 0 Å². The molecule has 1 aromatic rings. The summed E-state index contributed by atoms with van der Waals surface area (Å²) in [5, 5.41) is 28.7. The van der Waals surface area contributed by atoms with E-state index in [1.807, 2.05) is 12.2 Å². The zero-order valence-corrected chi connectivity index (χ0v) is 19.6. The number of phenolic OH excluding ortho intramolecular Hbond substituents is 1. The first-order valence-corrected chi connectivity index (χ1v) is 10.9. The zero-order valence-electron chi connectivity index (χ0n) is 19.6. The molecule has 31 heavy (non-hydrogen) atoms. The lowest BCUT2D eigenvalue weighted by atomic mass is 10.0. The average molecular weight is 427 g/mol. The molecule has 0 spiro atoms. The van der Waals surface area contributed by atoms with Gasteiger partial charge in [0.25, 0.3) is 0 Å². The number of rotatable bonds is 12. The van der Waals surface area contributed by atoms with Crippen LogP contribution < -0.4 is 0 Å². The fraction of sp³-hybridized carbons (Fsp3) is 0.444. The van der Waals surface area contributed by atoms with Crippen LogP contribution in [0.5, 0.6) is 5.75 Å². The van der Waals surface area contributed by atoms with Crippen molar-refractivity contribution in [1.29, 1.82) is 0 Å². The first-order chi connectivity index (χ1) is 14.5. The molecule has 0 amide bonds. The Kier molecular flexibility index (Phi) is 11.1. The number of carboxylic acid groups (broad SMARTS) is 1. The van der Waals surface area contributed by atoms with Crippen LogP contribution in [0.1, 0.15) is 82.6 Å². The summed E-state index contributed by atoms with van der Waals surface area (Å²) in [6.45, 7) is 9.88. The van der Waals surface area contributed by atoms with Crippen molar-refractivity contribution in [3.05, 3.63) is 76.4 Å². The molecule has 0 aliphatic heterocycles. The van der Waals surface area contributed by atoms with Crippen LogP contribution in [0.25, 0.3) is 0 Å². The van der Waals surface area contributed by atoms with Gasteiger partial charge in [-0.1, -0.05) is 47.1 Å². The Morgan fingerprint density at radius 2 is 1.55 bits per heavy atom. The van der Waals surface area contributed by atoms with Crippen LogP contribution >= 0.6 is 0 Å². The number of allylic oxidation sites excluding steroid dienone is 7. The van der Waals surface area contributed by atoms with Gasteiger partial charge in [0.05, 0.1) is 11.2 Å². The van der Waals surface area contributed by atoms with Gasteiger partial charge in [-0.05, 0) is 96.9 Å². The molecule has 1 aromatic carbocycles. The summed E-state index contributed by atoms with van der Waals surface area (Å²) in [5.74, 6) is -0.859. The quantitative estimate of drug-likeness (QED) is 0.323. The monoisotopic (exact) mass is 426 g/mol. The van der Waals surface area contributed by atoms with Gasteiger partial charge < -0.3 is 15.3 Å². The molecular weight excluding hydrogens is 388 g/mol. The van der Waals surface area contributed by atoms with Crippen LogP contribution in [-0.2, 0) is 6.42 Å². The summed E-state index contributed by atoms with van der Waals surface area (Å²) in [7, 11) is 0. The van der Waals surface area contributed by atoms with Crippen molar-refractivity contribution < 1.29 is 20.1 Å². The van der Waals surface area contributed by atoms with E-state index >= 15 is 0 Å². The molecule has 0 saturated heterocycles. The predicted molar refractivity (Wildman–Crippen MR) is 129 cm³/mol. The average Bonchev–Trinajstić information content (AvgIpc) is 2.66. The molecule has 0 radical (unpaired) electrons. The Hall–Kier alpha value is -2.59. The number of carbonyl (C=O) groups is 1. The van der Waals surface area contributed by atoms with E-state index in [0.717, 1.165) is 32.1 Å².